The van der Waals surface area contributed by atoms with Gasteiger partial charge in [-0.25, -0.2) is 0 Å². The van der Waals surface area contributed by atoms with Gasteiger partial charge in [0.15, 0.2) is 0 Å². The van der Waals surface area contributed by atoms with Crippen LogP contribution in [0.3, 0.4) is 0 Å². The van der Waals surface area contributed by atoms with Gasteiger partial charge in [-0.2, -0.15) is 0 Å². The molecule has 0 unspecified atom stereocenters. The minimum absolute atomic E-state index is 0.677. The molecular formula is C5H8O. The highest BCUT2D eigenvalue weighted by Crippen LogP contribution is 1.73. The summed E-state index contributed by atoms with van der Waals surface area (Å²) in [7, 11) is 0. The molecule has 0 fully saturated rings. The zero-order chi connectivity index (χ0) is 4.83. The summed E-state index contributed by atoms with van der Waals surface area (Å²) < 4.78 is 4.51. The van der Waals surface area contributed by atoms with Gasteiger partial charge in [-0.15, -0.1) is 0 Å². The molecule has 1 nitrogen and oxygen atoms in total. The predicted octanol–water partition coefficient (Wildman–Crippen LogP) is 1.00. The van der Waals surface area contributed by atoms with E-state index in [0.717, 1.165) is 6.42 Å². The maximum atomic E-state index is 4.74. The largest absolute Gasteiger partial charge is 0.447 e. The van der Waals surface area contributed by atoms with E-state index in [0.29, 0.717) is 6.61 Å². The molecule has 0 spiro atoms. The second-order valence-electron chi connectivity index (χ2n) is 0.966. The molecule has 0 atom stereocenters. The van der Waals surface area contributed by atoms with Crippen LogP contribution in [-0.4, -0.2) is 6.61 Å². The van der Waals surface area contributed by atoms with E-state index in [4.69, 9.17) is 6.42 Å². The van der Waals surface area contributed by atoms with Gasteiger partial charge >= 0.3 is 0 Å². The molecule has 0 aliphatic heterocycles. The van der Waals surface area contributed by atoms with Crippen LogP contribution in [0, 0.1) is 12.5 Å². The van der Waals surface area contributed by atoms with Gasteiger partial charge in [0.1, 0.15) is 6.11 Å². The van der Waals surface area contributed by atoms with Gasteiger partial charge in [0.25, 0.3) is 0 Å². The quantitative estimate of drug-likeness (QED) is 0.358. The summed E-state index contributed by atoms with van der Waals surface area (Å²) in [6, 6.07) is 0. The monoisotopic (exact) mass is 84.1 g/mol. The maximum Gasteiger partial charge on any atom is 0.106 e. The summed E-state index contributed by atoms with van der Waals surface area (Å²) in [6.07, 6.45) is 7.80. The lowest BCUT2D eigenvalue weighted by molar-refractivity contribution is 0.278. The summed E-state index contributed by atoms with van der Waals surface area (Å²) >= 11 is 0. The highest BCUT2D eigenvalue weighted by Gasteiger charge is 1.69. The average molecular weight is 84.1 g/mol. The summed E-state index contributed by atoms with van der Waals surface area (Å²) in [6.45, 7) is 2.69. The number of hydrogen-bond donors (Lipinski definition) is 0. The minimum Gasteiger partial charge on any atom is -0.447 e. The average Bonchev–Trinajstić information content (AvgIpc) is 1.61. The first kappa shape index (κ1) is 5.36. The summed E-state index contributed by atoms with van der Waals surface area (Å²) in [5.41, 5.74) is 0. The Balaban J connectivity index is 2.54. The van der Waals surface area contributed by atoms with Crippen molar-refractivity contribution in [3.8, 4) is 12.5 Å². The fourth-order valence-electron chi connectivity index (χ4n) is 0.161. The van der Waals surface area contributed by atoms with Crippen molar-refractivity contribution >= 4 is 0 Å². The summed E-state index contributed by atoms with van der Waals surface area (Å²) in [4.78, 5) is 0. The molecular weight excluding hydrogens is 76.1 g/mol. The highest BCUT2D eigenvalue weighted by atomic mass is 16.5. The van der Waals surface area contributed by atoms with Gasteiger partial charge in [-0.3, -0.25) is 0 Å². The fourth-order valence-corrected chi connectivity index (χ4v) is 0.161. The molecule has 0 aliphatic carbocycles. The van der Waals surface area contributed by atoms with Crippen molar-refractivity contribution in [3.05, 3.63) is 0 Å². The van der Waals surface area contributed by atoms with Crippen LogP contribution in [0.5, 0.6) is 0 Å². The third-order valence-corrected chi connectivity index (χ3v) is 0.390. The van der Waals surface area contributed by atoms with E-state index in [-0.39, 0.29) is 0 Å². The van der Waals surface area contributed by atoms with E-state index in [1.54, 1.807) is 0 Å². The lowest BCUT2D eigenvalue weighted by atomic mass is 10.5. The first-order chi connectivity index (χ1) is 2.91. The minimum atomic E-state index is 0.677. The standard InChI is InChI=1S/C5H8O/c1-3-5-6-4-2/h2H,3,5H2,1H3. The Labute approximate surface area is 38.3 Å². The Morgan fingerprint density at radius 1 is 1.83 bits per heavy atom. The SMILES string of the molecule is C#COCCC. The van der Waals surface area contributed by atoms with Crippen LogP contribution in [0.2, 0.25) is 0 Å². The van der Waals surface area contributed by atoms with E-state index in [9.17, 15) is 0 Å². The molecule has 0 aromatic heterocycles. The van der Waals surface area contributed by atoms with Crippen LogP contribution in [0.4, 0.5) is 0 Å². The molecule has 0 radical (unpaired) electrons. The van der Waals surface area contributed by atoms with E-state index < -0.39 is 0 Å². The second kappa shape index (κ2) is 4.36. The van der Waals surface area contributed by atoms with Crippen molar-refractivity contribution in [2.45, 2.75) is 13.3 Å². The summed E-state index contributed by atoms with van der Waals surface area (Å²) in [5.74, 6) is 0. The number of ether oxygens (including phenoxy) is 1. The van der Waals surface area contributed by atoms with Crippen LogP contribution < -0.4 is 0 Å². The van der Waals surface area contributed by atoms with Gasteiger partial charge in [0.05, 0.1) is 6.61 Å². The molecule has 1 heteroatoms. The van der Waals surface area contributed by atoms with E-state index in [1.807, 2.05) is 6.92 Å². The molecule has 0 aromatic carbocycles. The van der Waals surface area contributed by atoms with Crippen molar-refractivity contribution < 1.29 is 4.74 Å². The van der Waals surface area contributed by atoms with Gasteiger partial charge in [-0.1, -0.05) is 13.3 Å². The molecule has 0 saturated carbocycles. The van der Waals surface area contributed by atoms with Crippen LogP contribution in [0.25, 0.3) is 0 Å². The molecule has 0 heterocycles. The lowest BCUT2D eigenvalue weighted by Gasteiger charge is -1.86. The fraction of sp³-hybridized carbons (Fsp3) is 0.600. The van der Waals surface area contributed by atoms with Crippen LogP contribution in [0.1, 0.15) is 13.3 Å². The van der Waals surface area contributed by atoms with Crippen molar-refractivity contribution in [2.75, 3.05) is 6.61 Å². The third kappa shape index (κ3) is 3.36. The predicted molar refractivity (Wildman–Crippen MR) is 25.1 cm³/mol. The number of terminal acetylenes is 1. The molecule has 0 saturated heterocycles. The molecule has 0 amide bonds. The molecule has 0 rings (SSSR count). The zero-order valence-corrected chi connectivity index (χ0v) is 3.90. The molecule has 0 bridgehead atoms. The Morgan fingerprint density at radius 2 is 2.50 bits per heavy atom. The number of hydrogen-bond acceptors (Lipinski definition) is 1. The van der Waals surface area contributed by atoms with Crippen LogP contribution in [0.15, 0.2) is 0 Å². The first-order valence-electron chi connectivity index (χ1n) is 1.99. The van der Waals surface area contributed by atoms with Crippen LogP contribution in [-0.2, 0) is 4.74 Å². The maximum absolute atomic E-state index is 4.74. The Bertz CT molecular complexity index is 51.4. The van der Waals surface area contributed by atoms with Gasteiger partial charge in [0.2, 0.25) is 0 Å². The normalized spacial score (nSPS) is 6.67. The van der Waals surface area contributed by atoms with Crippen LogP contribution >= 0.6 is 0 Å². The Morgan fingerprint density at radius 3 is 2.67 bits per heavy atom. The van der Waals surface area contributed by atoms with Gasteiger partial charge in [0, 0.05) is 0 Å². The third-order valence-electron chi connectivity index (χ3n) is 0.390. The van der Waals surface area contributed by atoms with E-state index >= 15 is 0 Å². The molecule has 6 heavy (non-hydrogen) atoms. The topological polar surface area (TPSA) is 9.23 Å². The zero-order valence-electron chi connectivity index (χ0n) is 3.90. The van der Waals surface area contributed by atoms with E-state index in [2.05, 4.69) is 10.8 Å². The highest BCUT2D eigenvalue weighted by molar-refractivity contribution is 4.67. The van der Waals surface area contributed by atoms with Gasteiger partial charge in [-0.05, 0) is 6.42 Å². The van der Waals surface area contributed by atoms with E-state index in [1.165, 1.54) is 0 Å². The lowest BCUT2D eigenvalue weighted by Crippen LogP contribution is -1.80. The molecule has 34 valence electrons. The summed E-state index contributed by atoms with van der Waals surface area (Å²) in [5, 5.41) is 0. The molecule has 0 aromatic rings. The molecule has 0 N–H and O–H groups in total. The number of rotatable bonds is 2. The molecule has 0 aliphatic rings. The smallest absolute Gasteiger partial charge is 0.106 e. The van der Waals surface area contributed by atoms with Gasteiger partial charge < -0.3 is 4.74 Å². The van der Waals surface area contributed by atoms with Crippen molar-refractivity contribution in [2.24, 2.45) is 0 Å². The second-order valence-corrected chi connectivity index (χ2v) is 0.966. The first-order valence-corrected chi connectivity index (χ1v) is 1.99. The Kier molecular flexibility index (Phi) is 3.89. The Hall–Kier alpha value is -0.640. The van der Waals surface area contributed by atoms with Crippen molar-refractivity contribution in [1.82, 2.24) is 0 Å². The van der Waals surface area contributed by atoms with Crippen molar-refractivity contribution in [3.63, 3.8) is 0 Å². The van der Waals surface area contributed by atoms with Crippen molar-refractivity contribution in [1.29, 1.82) is 0 Å².